The van der Waals surface area contributed by atoms with Crippen LogP contribution in [0.2, 0.25) is 0 Å². The highest BCUT2D eigenvalue weighted by Crippen LogP contribution is 2.23. The van der Waals surface area contributed by atoms with Crippen molar-refractivity contribution >= 4 is 11.4 Å². The fourth-order valence-corrected chi connectivity index (χ4v) is 3.21. The predicted octanol–water partition coefficient (Wildman–Crippen LogP) is 2.94. The summed E-state index contributed by atoms with van der Waals surface area (Å²) >= 11 is 0. The average molecular weight is 394 g/mol. The number of halogens is 1. The molecule has 1 atom stereocenters. The van der Waals surface area contributed by atoms with Crippen molar-refractivity contribution in [1.29, 1.82) is 0 Å². The molecule has 4 aromatic rings. The Labute approximate surface area is 165 Å². The number of nitrogens with one attached hydrogen (secondary N) is 2. The third-order valence-electron chi connectivity index (χ3n) is 4.69. The maximum absolute atomic E-state index is 13.8. The van der Waals surface area contributed by atoms with Gasteiger partial charge in [-0.05, 0) is 47.0 Å². The Kier molecular flexibility index (Phi) is 5.01. The number of methoxy groups -OCH3 is 1. The molecular weight excluding hydrogens is 375 g/mol. The number of nitrogens with zero attached hydrogens (tertiary/aromatic N) is 2. The molecule has 29 heavy (non-hydrogen) atoms. The Hall–Kier alpha value is -3.65. The van der Waals surface area contributed by atoms with Crippen LogP contribution >= 0.6 is 0 Å². The highest BCUT2D eigenvalue weighted by molar-refractivity contribution is 5.92. The molecule has 8 heteroatoms. The quantitative estimate of drug-likeness (QED) is 0.469. The van der Waals surface area contributed by atoms with Crippen LogP contribution in [0.3, 0.4) is 0 Å². The van der Waals surface area contributed by atoms with Crippen molar-refractivity contribution in [3.8, 4) is 16.9 Å². The molecule has 0 saturated carbocycles. The van der Waals surface area contributed by atoms with Gasteiger partial charge in [0.25, 0.3) is 5.91 Å². The number of hydrogen-bond acceptors (Lipinski definition) is 4. The van der Waals surface area contributed by atoms with E-state index >= 15 is 0 Å². The van der Waals surface area contributed by atoms with Crippen LogP contribution in [-0.2, 0) is 0 Å². The lowest BCUT2D eigenvalue weighted by Crippen LogP contribution is -2.32. The van der Waals surface area contributed by atoms with Crippen LogP contribution < -0.4 is 10.1 Å². The second-order valence-electron chi connectivity index (χ2n) is 6.52. The van der Waals surface area contributed by atoms with Gasteiger partial charge in [0.2, 0.25) is 5.82 Å². The average Bonchev–Trinajstić information content (AvgIpc) is 3.40. The number of aromatic amines is 1. The van der Waals surface area contributed by atoms with Gasteiger partial charge >= 0.3 is 0 Å². The van der Waals surface area contributed by atoms with Crippen LogP contribution in [0.25, 0.3) is 16.6 Å². The number of carbonyl (C=O) groups excluding carboxylic acids is 1. The van der Waals surface area contributed by atoms with E-state index in [1.165, 1.54) is 19.2 Å². The molecule has 1 aromatic carbocycles. The van der Waals surface area contributed by atoms with Crippen LogP contribution in [0, 0.1) is 5.82 Å². The number of ether oxygens (including phenoxy) is 1. The van der Waals surface area contributed by atoms with Crippen molar-refractivity contribution in [1.82, 2.24) is 19.7 Å². The Morgan fingerprint density at radius 3 is 2.90 bits per heavy atom. The van der Waals surface area contributed by atoms with Crippen molar-refractivity contribution in [2.45, 2.75) is 6.04 Å². The maximum Gasteiger partial charge on any atom is 0.288 e. The number of aromatic nitrogens is 3. The SMILES string of the molecule is COc1cc(F)cc([C@@H](CO)NC(=O)c2ncc3cc(-c4cc[nH]c4)ccn23)c1. The fraction of sp³-hybridized carbons (Fsp3) is 0.143. The standard InChI is InChI=1S/C21H19FN4O3/c1-29-18-8-15(6-16(22)9-18)19(12-27)25-21(28)20-24-11-17-7-13(3-5-26(17)20)14-2-4-23-10-14/h2-11,19,23,27H,12H2,1H3,(H,25,28)/t19-/m1/s1. The van der Waals surface area contributed by atoms with E-state index in [4.69, 9.17) is 4.74 Å². The zero-order valence-electron chi connectivity index (χ0n) is 15.6. The zero-order valence-corrected chi connectivity index (χ0v) is 15.6. The minimum atomic E-state index is -0.807. The highest BCUT2D eigenvalue weighted by Gasteiger charge is 2.20. The van der Waals surface area contributed by atoms with Gasteiger partial charge in [0.1, 0.15) is 11.6 Å². The summed E-state index contributed by atoms with van der Waals surface area (Å²) < 4.78 is 20.5. The van der Waals surface area contributed by atoms with Crippen LogP contribution in [-0.4, -0.2) is 39.1 Å². The Bertz CT molecular complexity index is 1150. The number of pyridine rings is 1. The molecule has 0 bridgehead atoms. The summed E-state index contributed by atoms with van der Waals surface area (Å²) in [5.41, 5.74) is 3.17. The third kappa shape index (κ3) is 3.70. The Morgan fingerprint density at radius 1 is 1.31 bits per heavy atom. The summed E-state index contributed by atoms with van der Waals surface area (Å²) in [5, 5.41) is 12.4. The van der Waals surface area contributed by atoms with Crippen LogP contribution in [0.4, 0.5) is 4.39 Å². The lowest BCUT2D eigenvalue weighted by molar-refractivity contribution is 0.0904. The topological polar surface area (TPSA) is 91.7 Å². The van der Waals surface area contributed by atoms with Crippen molar-refractivity contribution < 1.29 is 19.0 Å². The molecule has 3 heterocycles. The van der Waals surface area contributed by atoms with Crippen molar-refractivity contribution in [2.75, 3.05) is 13.7 Å². The van der Waals surface area contributed by atoms with E-state index in [-0.39, 0.29) is 5.82 Å². The molecule has 4 rings (SSSR count). The smallest absolute Gasteiger partial charge is 0.288 e. The summed E-state index contributed by atoms with van der Waals surface area (Å²) in [5.74, 6) is -0.532. The second kappa shape index (κ2) is 7.76. The van der Waals surface area contributed by atoms with Crippen molar-refractivity contribution in [3.05, 3.63) is 78.4 Å². The van der Waals surface area contributed by atoms with Gasteiger partial charge in [0.15, 0.2) is 0 Å². The van der Waals surface area contributed by atoms with Gasteiger partial charge in [-0.25, -0.2) is 9.37 Å². The molecule has 3 N–H and O–H groups in total. The minimum Gasteiger partial charge on any atom is -0.497 e. The van der Waals surface area contributed by atoms with E-state index in [9.17, 15) is 14.3 Å². The number of fused-ring (bicyclic) bond motifs is 1. The summed E-state index contributed by atoms with van der Waals surface area (Å²) in [6, 6.07) is 8.99. The van der Waals surface area contributed by atoms with Crippen LogP contribution in [0.5, 0.6) is 5.75 Å². The molecule has 0 aliphatic rings. The summed E-state index contributed by atoms with van der Waals surface area (Å²) in [7, 11) is 1.42. The molecule has 0 saturated heterocycles. The number of rotatable bonds is 6. The van der Waals surface area contributed by atoms with E-state index in [0.29, 0.717) is 11.3 Å². The summed E-state index contributed by atoms with van der Waals surface area (Å²) in [6.45, 7) is -0.403. The first-order valence-corrected chi connectivity index (χ1v) is 8.95. The molecule has 0 fully saturated rings. The molecule has 0 spiro atoms. The van der Waals surface area contributed by atoms with Gasteiger partial charge in [-0.3, -0.25) is 9.20 Å². The van der Waals surface area contributed by atoms with Crippen molar-refractivity contribution in [3.63, 3.8) is 0 Å². The fourth-order valence-electron chi connectivity index (χ4n) is 3.21. The molecule has 3 aromatic heterocycles. The molecule has 0 aliphatic carbocycles. The Balaban J connectivity index is 1.60. The first-order chi connectivity index (χ1) is 14.1. The Morgan fingerprint density at radius 2 is 2.17 bits per heavy atom. The molecule has 148 valence electrons. The lowest BCUT2D eigenvalue weighted by atomic mass is 10.1. The van der Waals surface area contributed by atoms with Gasteiger partial charge in [0.05, 0.1) is 31.5 Å². The first kappa shape index (κ1) is 18.7. The number of aliphatic hydroxyl groups excluding tert-OH is 1. The summed E-state index contributed by atoms with van der Waals surface area (Å²) in [4.78, 5) is 20.0. The number of carbonyl (C=O) groups is 1. The molecule has 0 unspecified atom stereocenters. The zero-order chi connectivity index (χ0) is 20.4. The number of H-pyrrole nitrogens is 1. The number of hydrogen-bond donors (Lipinski definition) is 3. The molecule has 7 nitrogen and oxygen atoms in total. The van der Waals surface area contributed by atoms with E-state index in [0.717, 1.165) is 16.6 Å². The van der Waals surface area contributed by atoms with Crippen molar-refractivity contribution in [2.24, 2.45) is 0 Å². The van der Waals surface area contributed by atoms with E-state index in [1.54, 1.807) is 22.9 Å². The number of benzene rings is 1. The van der Waals surface area contributed by atoms with Gasteiger partial charge in [-0.1, -0.05) is 0 Å². The summed E-state index contributed by atoms with van der Waals surface area (Å²) in [6.07, 6.45) is 7.09. The van der Waals surface area contributed by atoms with Crippen LogP contribution in [0.1, 0.15) is 22.2 Å². The second-order valence-corrected chi connectivity index (χ2v) is 6.52. The van der Waals surface area contributed by atoms with E-state index < -0.39 is 24.4 Å². The lowest BCUT2D eigenvalue weighted by Gasteiger charge is -2.17. The first-order valence-electron chi connectivity index (χ1n) is 8.95. The molecule has 0 aliphatic heterocycles. The third-order valence-corrected chi connectivity index (χ3v) is 4.69. The number of aliphatic hydroxyl groups is 1. The van der Waals surface area contributed by atoms with E-state index in [2.05, 4.69) is 15.3 Å². The largest absolute Gasteiger partial charge is 0.497 e. The monoisotopic (exact) mass is 394 g/mol. The molecule has 0 radical (unpaired) electrons. The van der Waals surface area contributed by atoms with Gasteiger partial charge in [-0.15, -0.1) is 0 Å². The van der Waals surface area contributed by atoms with Crippen LogP contribution in [0.15, 0.2) is 61.2 Å². The van der Waals surface area contributed by atoms with Gasteiger partial charge in [-0.2, -0.15) is 0 Å². The van der Waals surface area contributed by atoms with Gasteiger partial charge in [0, 0.05) is 24.7 Å². The highest BCUT2D eigenvalue weighted by atomic mass is 19.1. The molecular formula is C21H19FN4O3. The minimum absolute atomic E-state index is 0.169. The predicted molar refractivity (Wildman–Crippen MR) is 105 cm³/mol. The number of imidazole rings is 1. The maximum atomic E-state index is 13.8. The number of amides is 1. The van der Waals surface area contributed by atoms with E-state index in [1.807, 2.05) is 30.6 Å². The van der Waals surface area contributed by atoms with Gasteiger partial charge < -0.3 is 20.1 Å². The normalized spacial score (nSPS) is 12.1. The molecule has 1 amide bonds.